The Hall–Kier alpha value is -2.43. The SMILES string of the molecule is CC(C)CC[C@H](CSc1cccs1)C(=O)N(O)C(=O)N[C@H](C(=O)Nc1ccccn1)C(C)(C)C. The average molecular weight is 507 g/mol. The minimum absolute atomic E-state index is 0.118. The Balaban J connectivity index is 2.09. The third-order valence-electron chi connectivity index (χ3n) is 5.08. The predicted molar refractivity (Wildman–Crippen MR) is 136 cm³/mol. The Bertz CT molecular complexity index is 930. The summed E-state index contributed by atoms with van der Waals surface area (Å²) in [6.07, 6.45) is 2.87. The topological polar surface area (TPSA) is 112 Å². The summed E-state index contributed by atoms with van der Waals surface area (Å²) in [7, 11) is 0. The number of aromatic nitrogens is 1. The minimum Gasteiger partial charge on any atom is -0.323 e. The maximum atomic E-state index is 13.0. The van der Waals surface area contributed by atoms with E-state index in [0.717, 1.165) is 10.6 Å². The van der Waals surface area contributed by atoms with Gasteiger partial charge in [-0.15, -0.1) is 28.2 Å². The van der Waals surface area contributed by atoms with Gasteiger partial charge in [0.1, 0.15) is 11.9 Å². The number of anilines is 1. The molecule has 2 heterocycles. The van der Waals surface area contributed by atoms with E-state index in [9.17, 15) is 19.6 Å². The van der Waals surface area contributed by atoms with E-state index in [1.807, 2.05) is 17.5 Å². The van der Waals surface area contributed by atoms with Crippen LogP contribution < -0.4 is 10.6 Å². The van der Waals surface area contributed by atoms with Crippen LogP contribution in [0.15, 0.2) is 46.1 Å². The molecule has 0 aliphatic heterocycles. The van der Waals surface area contributed by atoms with Crippen molar-refractivity contribution in [1.82, 2.24) is 15.4 Å². The van der Waals surface area contributed by atoms with Crippen molar-refractivity contribution in [3.63, 3.8) is 0 Å². The van der Waals surface area contributed by atoms with Gasteiger partial charge in [-0.05, 0) is 41.3 Å². The van der Waals surface area contributed by atoms with Gasteiger partial charge in [0.25, 0.3) is 5.91 Å². The van der Waals surface area contributed by atoms with E-state index in [4.69, 9.17) is 0 Å². The summed E-state index contributed by atoms with van der Waals surface area (Å²) in [5.41, 5.74) is -0.690. The largest absolute Gasteiger partial charge is 0.349 e. The number of carbonyl (C=O) groups excluding carboxylic acids is 3. The molecule has 8 nitrogen and oxygen atoms in total. The number of urea groups is 1. The fourth-order valence-electron chi connectivity index (χ4n) is 3.11. The van der Waals surface area contributed by atoms with Crippen LogP contribution >= 0.6 is 23.1 Å². The molecule has 10 heteroatoms. The standard InChI is InChI=1S/C24H34N4O4S2/c1-16(2)11-12-17(15-34-19-10-8-14-33-19)22(30)28(32)23(31)27-20(24(3,4)5)21(29)26-18-9-6-7-13-25-18/h6-10,13-14,16-17,20,32H,11-12,15H2,1-5H3,(H,27,31)(H,25,26,29)/t17-,20-/m1/s1. The van der Waals surface area contributed by atoms with Crippen molar-refractivity contribution >= 4 is 46.8 Å². The Kier molecular flexibility index (Phi) is 10.5. The summed E-state index contributed by atoms with van der Waals surface area (Å²) in [5.74, 6) is -0.555. The summed E-state index contributed by atoms with van der Waals surface area (Å²) in [6, 6.07) is 6.94. The number of rotatable bonds is 10. The molecule has 0 saturated carbocycles. The molecule has 0 radical (unpaired) electrons. The lowest BCUT2D eigenvalue weighted by Gasteiger charge is -2.31. The van der Waals surface area contributed by atoms with E-state index in [-0.39, 0.29) is 5.06 Å². The van der Waals surface area contributed by atoms with Crippen LogP contribution in [0.25, 0.3) is 0 Å². The van der Waals surface area contributed by atoms with Gasteiger partial charge in [-0.1, -0.05) is 53.2 Å². The molecule has 2 atom stereocenters. The smallest absolute Gasteiger partial charge is 0.323 e. The molecule has 2 aromatic heterocycles. The number of hydroxylamine groups is 2. The molecule has 2 aromatic rings. The van der Waals surface area contributed by atoms with Gasteiger partial charge in [0.15, 0.2) is 0 Å². The Morgan fingerprint density at radius 1 is 1.15 bits per heavy atom. The van der Waals surface area contributed by atoms with Crippen molar-refractivity contribution in [2.75, 3.05) is 11.1 Å². The highest BCUT2D eigenvalue weighted by Gasteiger charge is 2.36. The van der Waals surface area contributed by atoms with E-state index < -0.39 is 35.2 Å². The minimum atomic E-state index is -1.03. The highest BCUT2D eigenvalue weighted by Crippen LogP contribution is 2.28. The van der Waals surface area contributed by atoms with Crippen molar-refractivity contribution in [1.29, 1.82) is 0 Å². The van der Waals surface area contributed by atoms with Gasteiger partial charge >= 0.3 is 6.03 Å². The van der Waals surface area contributed by atoms with Gasteiger partial charge in [0, 0.05) is 11.9 Å². The summed E-state index contributed by atoms with van der Waals surface area (Å²) >= 11 is 3.10. The highest BCUT2D eigenvalue weighted by atomic mass is 32.2. The van der Waals surface area contributed by atoms with Crippen LogP contribution in [0.2, 0.25) is 0 Å². The lowest BCUT2D eigenvalue weighted by atomic mass is 9.86. The first kappa shape index (κ1) is 27.8. The summed E-state index contributed by atoms with van der Waals surface area (Å²) in [6.45, 7) is 9.46. The Morgan fingerprint density at radius 2 is 1.88 bits per heavy atom. The van der Waals surface area contributed by atoms with Crippen LogP contribution in [-0.4, -0.2) is 44.9 Å². The van der Waals surface area contributed by atoms with Crippen LogP contribution in [0, 0.1) is 17.3 Å². The quantitative estimate of drug-likeness (QED) is 0.230. The zero-order valence-corrected chi connectivity index (χ0v) is 21.9. The van der Waals surface area contributed by atoms with Crippen molar-refractivity contribution < 1.29 is 19.6 Å². The molecule has 3 N–H and O–H groups in total. The van der Waals surface area contributed by atoms with Crippen molar-refractivity contribution in [2.24, 2.45) is 17.3 Å². The molecule has 2 rings (SSSR count). The first-order chi connectivity index (χ1) is 16.0. The van der Waals surface area contributed by atoms with Gasteiger partial charge in [-0.2, -0.15) is 0 Å². The van der Waals surface area contributed by atoms with E-state index >= 15 is 0 Å². The lowest BCUT2D eigenvalue weighted by Crippen LogP contribution is -2.56. The van der Waals surface area contributed by atoms with E-state index in [1.165, 1.54) is 11.8 Å². The number of thiophene rings is 1. The van der Waals surface area contributed by atoms with Gasteiger partial charge in [-0.25, -0.2) is 9.78 Å². The molecule has 34 heavy (non-hydrogen) atoms. The molecule has 0 unspecified atom stereocenters. The second kappa shape index (κ2) is 12.9. The fourth-order valence-corrected chi connectivity index (χ4v) is 5.05. The number of nitrogens with one attached hydrogen (secondary N) is 2. The molecule has 0 fully saturated rings. The molecule has 4 amide bonds. The number of hydrogen-bond donors (Lipinski definition) is 3. The molecule has 0 aliphatic rings. The van der Waals surface area contributed by atoms with Crippen molar-refractivity contribution in [3.8, 4) is 0 Å². The number of amides is 4. The summed E-state index contributed by atoms with van der Waals surface area (Å²) < 4.78 is 1.07. The van der Waals surface area contributed by atoms with Gasteiger partial charge in [0.2, 0.25) is 5.91 Å². The molecular formula is C24H34N4O4S2. The van der Waals surface area contributed by atoms with Crippen LogP contribution in [0.4, 0.5) is 10.6 Å². The molecule has 0 saturated heterocycles. The van der Waals surface area contributed by atoms with Gasteiger partial charge < -0.3 is 10.6 Å². The maximum Gasteiger partial charge on any atom is 0.349 e. The van der Waals surface area contributed by atoms with E-state index in [2.05, 4.69) is 29.5 Å². The third kappa shape index (κ3) is 8.73. The monoisotopic (exact) mass is 506 g/mol. The Morgan fingerprint density at radius 3 is 2.44 bits per heavy atom. The predicted octanol–water partition coefficient (Wildman–Crippen LogP) is 5.27. The molecule has 0 aliphatic carbocycles. The van der Waals surface area contributed by atoms with Crippen LogP contribution in [0.3, 0.4) is 0 Å². The molecule has 0 bridgehead atoms. The highest BCUT2D eigenvalue weighted by molar-refractivity contribution is 8.01. The molecule has 186 valence electrons. The lowest BCUT2D eigenvalue weighted by molar-refractivity contribution is -0.157. The number of pyridine rings is 1. The summed E-state index contributed by atoms with van der Waals surface area (Å²) in [5, 5.41) is 17.7. The average Bonchev–Trinajstić information content (AvgIpc) is 3.29. The maximum absolute atomic E-state index is 13.0. The van der Waals surface area contributed by atoms with Crippen molar-refractivity contribution in [2.45, 2.75) is 57.7 Å². The number of thioether (sulfide) groups is 1. The van der Waals surface area contributed by atoms with Crippen LogP contribution in [-0.2, 0) is 9.59 Å². The zero-order valence-electron chi connectivity index (χ0n) is 20.3. The van der Waals surface area contributed by atoms with Gasteiger partial charge in [-0.3, -0.25) is 14.8 Å². The van der Waals surface area contributed by atoms with Gasteiger partial charge in [0.05, 0.1) is 10.1 Å². The number of hydrogen-bond acceptors (Lipinski definition) is 7. The molecule has 0 aromatic carbocycles. The van der Waals surface area contributed by atoms with E-state index in [0.29, 0.717) is 23.9 Å². The summed E-state index contributed by atoms with van der Waals surface area (Å²) in [4.78, 5) is 42.8. The second-order valence-electron chi connectivity index (χ2n) is 9.51. The zero-order chi connectivity index (χ0) is 25.3. The van der Waals surface area contributed by atoms with Crippen LogP contribution in [0.1, 0.15) is 47.5 Å². The Labute approximate surface area is 209 Å². The van der Waals surface area contributed by atoms with Crippen LogP contribution in [0.5, 0.6) is 0 Å². The third-order valence-corrected chi connectivity index (χ3v) is 7.37. The second-order valence-corrected chi connectivity index (χ2v) is 11.8. The fraction of sp³-hybridized carbons (Fsp3) is 0.500. The van der Waals surface area contributed by atoms with Crippen molar-refractivity contribution in [3.05, 3.63) is 41.9 Å². The molecule has 0 spiro atoms. The first-order valence-corrected chi connectivity index (χ1v) is 13.1. The number of imide groups is 1. The number of nitrogens with zero attached hydrogens (tertiary/aromatic N) is 2. The number of carbonyl (C=O) groups is 3. The van der Waals surface area contributed by atoms with E-state index in [1.54, 1.807) is 56.5 Å². The normalized spacial score (nSPS) is 13.3. The first-order valence-electron chi connectivity index (χ1n) is 11.2. The molecular weight excluding hydrogens is 472 g/mol.